The van der Waals surface area contributed by atoms with Crippen molar-refractivity contribution in [2.75, 3.05) is 6.54 Å². The normalized spacial score (nSPS) is 16.8. The number of rotatable bonds is 7. The third-order valence-corrected chi connectivity index (χ3v) is 3.95. The van der Waals surface area contributed by atoms with Crippen molar-refractivity contribution in [3.63, 3.8) is 0 Å². The zero-order valence-corrected chi connectivity index (χ0v) is 11.6. The van der Waals surface area contributed by atoms with E-state index in [2.05, 4.69) is 12.2 Å². The van der Waals surface area contributed by atoms with E-state index in [1.165, 1.54) is 18.9 Å². The highest BCUT2D eigenvalue weighted by Gasteiger charge is 2.30. The first-order valence-electron chi connectivity index (χ1n) is 6.88. The summed E-state index contributed by atoms with van der Waals surface area (Å²) < 4.78 is 13.2. The number of aryl methyl sites for hydroxylation is 1. The molecule has 2 rings (SSSR count). The Balaban J connectivity index is 1.89. The van der Waals surface area contributed by atoms with Gasteiger partial charge in [-0.2, -0.15) is 0 Å². The van der Waals surface area contributed by atoms with Crippen LogP contribution in [-0.4, -0.2) is 12.6 Å². The van der Waals surface area contributed by atoms with Crippen LogP contribution in [0.25, 0.3) is 0 Å². The summed E-state index contributed by atoms with van der Waals surface area (Å²) in [5, 5.41) is 4.28. The largest absolute Gasteiger partial charge is 0.314 e. The number of hydrogen-bond acceptors (Lipinski definition) is 1. The molecule has 1 aromatic carbocycles. The minimum Gasteiger partial charge on any atom is -0.314 e. The summed E-state index contributed by atoms with van der Waals surface area (Å²) in [5.41, 5.74) is 0.931. The van der Waals surface area contributed by atoms with Crippen molar-refractivity contribution in [2.45, 2.75) is 45.1 Å². The van der Waals surface area contributed by atoms with E-state index in [4.69, 9.17) is 11.6 Å². The Morgan fingerprint density at radius 2 is 2.22 bits per heavy atom. The summed E-state index contributed by atoms with van der Waals surface area (Å²) in [6.45, 7) is 3.25. The molecule has 1 atom stereocenters. The standard InChI is InChI=1S/C15H21ClFN/c1-2-9-18-15(11-3-4-11)8-5-12-10-13(17)6-7-14(12)16/h6-7,10-11,15,18H,2-5,8-9H2,1H3. The van der Waals surface area contributed by atoms with E-state index in [-0.39, 0.29) is 5.82 Å². The van der Waals surface area contributed by atoms with Gasteiger partial charge in [-0.25, -0.2) is 4.39 Å². The molecule has 1 aliphatic rings. The van der Waals surface area contributed by atoms with Gasteiger partial charge in [0.05, 0.1) is 0 Å². The van der Waals surface area contributed by atoms with Gasteiger partial charge in [-0.05, 0) is 68.3 Å². The average molecular weight is 270 g/mol. The van der Waals surface area contributed by atoms with E-state index in [0.29, 0.717) is 11.1 Å². The van der Waals surface area contributed by atoms with Crippen molar-refractivity contribution in [3.05, 3.63) is 34.6 Å². The molecule has 1 saturated carbocycles. The molecule has 0 aliphatic heterocycles. The summed E-state index contributed by atoms with van der Waals surface area (Å²) in [6.07, 6.45) is 5.72. The Labute approximate surface area is 114 Å². The van der Waals surface area contributed by atoms with Gasteiger partial charge in [0.25, 0.3) is 0 Å². The Morgan fingerprint density at radius 3 is 2.89 bits per heavy atom. The molecular formula is C15H21ClFN. The number of halogens is 2. The molecule has 0 saturated heterocycles. The number of benzene rings is 1. The lowest BCUT2D eigenvalue weighted by atomic mass is 10.0. The molecule has 18 heavy (non-hydrogen) atoms. The van der Waals surface area contributed by atoms with Gasteiger partial charge in [0, 0.05) is 11.1 Å². The van der Waals surface area contributed by atoms with Gasteiger partial charge in [-0.3, -0.25) is 0 Å². The predicted molar refractivity (Wildman–Crippen MR) is 74.5 cm³/mol. The molecule has 0 amide bonds. The monoisotopic (exact) mass is 269 g/mol. The lowest BCUT2D eigenvalue weighted by Gasteiger charge is -2.18. The highest BCUT2D eigenvalue weighted by molar-refractivity contribution is 6.31. The lowest BCUT2D eigenvalue weighted by Crippen LogP contribution is -2.32. The summed E-state index contributed by atoms with van der Waals surface area (Å²) in [4.78, 5) is 0. The Kier molecular flexibility index (Phi) is 5.02. The van der Waals surface area contributed by atoms with E-state index in [1.54, 1.807) is 12.1 Å². The summed E-state index contributed by atoms with van der Waals surface area (Å²) in [7, 11) is 0. The van der Waals surface area contributed by atoms with Crippen LogP contribution in [0.1, 0.15) is 38.2 Å². The fraction of sp³-hybridized carbons (Fsp3) is 0.600. The summed E-state index contributed by atoms with van der Waals surface area (Å²) in [5.74, 6) is 0.628. The molecule has 1 aliphatic carbocycles. The van der Waals surface area contributed by atoms with Gasteiger partial charge in [0.1, 0.15) is 5.82 Å². The molecule has 1 aromatic rings. The average Bonchev–Trinajstić information content (AvgIpc) is 3.17. The van der Waals surface area contributed by atoms with Crippen LogP contribution in [-0.2, 0) is 6.42 Å². The number of nitrogens with one attached hydrogen (secondary N) is 1. The molecule has 1 unspecified atom stereocenters. The Morgan fingerprint density at radius 1 is 1.44 bits per heavy atom. The number of hydrogen-bond donors (Lipinski definition) is 1. The van der Waals surface area contributed by atoms with Gasteiger partial charge in [0.15, 0.2) is 0 Å². The van der Waals surface area contributed by atoms with Gasteiger partial charge in [-0.15, -0.1) is 0 Å². The second kappa shape index (κ2) is 6.53. The minimum atomic E-state index is -0.195. The van der Waals surface area contributed by atoms with Crippen molar-refractivity contribution in [2.24, 2.45) is 5.92 Å². The molecule has 0 spiro atoms. The maximum atomic E-state index is 13.2. The van der Waals surface area contributed by atoms with Gasteiger partial charge in [-0.1, -0.05) is 18.5 Å². The molecule has 0 bridgehead atoms. The minimum absolute atomic E-state index is 0.195. The van der Waals surface area contributed by atoms with E-state index >= 15 is 0 Å². The zero-order valence-electron chi connectivity index (χ0n) is 10.9. The highest BCUT2D eigenvalue weighted by atomic mass is 35.5. The molecular weight excluding hydrogens is 249 g/mol. The fourth-order valence-electron chi connectivity index (χ4n) is 2.38. The SMILES string of the molecule is CCCNC(CCc1cc(F)ccc1Cl)C1CC1. The predicted octanol–water partition coefficient (Wildman–Crippen LogP) is 4.19. The summed E-state index contributed by atoms with van der Waals surface area (Å²) in [6, 6.07) is 5.20. The second-order valence-corrected chi connectivity index (χ2v) is 5.58. The van der Waals surface area contributed by atoms with Crippen molar-refractivity contribution in [3.8, 4) is 0 Å². The quantitative estimate of drug-likeness (QED) is 0.783. The van der Waals surface area contributed by atoms with E-state index in [9.17, 15) is 4.39 Å². The molecule has 100 valence electrons. The Bertz CT molecular complexity index is 390. The van der Waals surface area contributed by atoms with Crippen LogP contribution in [0.3, 0.4) is 0 Å². The maximum absolute atomic E-state index is 13.2. The molecule has 0 radical (unpaired) electrons. The van der Waals surface area contributed by atoms with Crippen molar-refractivity contribution < 1.29 is 4.39 Å². The van der Waals surface area contributed by atoms with Gasteiger partial charge >= 0.3 is 0 Å². The molecule has 0 heterocycles. The maximum Gasteiger partial charge on any atom is 0.123 e. The molecule has 1 fully saturated rings. The molecule has 0 aromatic heterocycles. The van der Waals surface area contributed by atoms with Crippen molar-refractivity contribution in [1.82, 2.24) is 5.32 Å². The van der Waals surface area contributed by atoms with Crippen LogP contribution < -0.4 is 5.32 Å². The summed E-state index contributed by atoms with van der Waals surface area (Å²) >= 11 is 6.09. The van der Waals surface area contributed by atoms with Crippen molar-refractivity contribution >= 4 is 11.6 Å². The van der Waals surface area contributed by atoms with Gasteiger partial charge in [0.2, 0.25) is 0 Å². The molecule has 3 heteroatoms. The fourth-order valence-corrected chi connectivity index (χ4v) is 2.59. The molecule has 1 N–H and O–H groups in total. The van der Waals surface area contributed by atoms with Crippen LogP contribution in [0.4, 0.5) is 4.39 Å². The zero-order chi connectivity index (χ0) is 13.0. The van der Waals surface area contributed by atoms with Crippen LogP contribution in [0.2, 0.25) is 5.02 Å². The smallest absolute Gasteiger partial charge is 0.123 e. The Hall–Kier alpha value is -0.600. The van der Waals surface area contributed by atoms with E-state index in [0.717, 1.165) is 37.3 Å². The second-order valence-electron chi connectivity index (χ2n) is 5.17. The van der Waals surface area contributed by atoms with E-state index < -0.39 is 0 Å². The topological polar surface area (TPSA) is 12.0 Å². The third kappa shape index (κ3) is 3.96. The first kappa shape index (κ1) is 13.8. The van der Waals surface area contributed by atoms with Crippen LogP contribution in [0.5, 0.6) is 0 Å². The van der Waals surface area contributed by atoms with E-state index in [1.807, 2.05) is 0 Å². The van der Waals surface area contributed by atoms with Gasteiger partial charge < -0.3 is 5.32 Å². The lowest BCUT2D eigenvalue weighted by molar-refractivity contribution is 0.435. The van der Waals surface area contributed by atoms with Crippen molar-refractivity contribution in [1.29, 1.82) is 0 Å². The van der Waals surface area contributed by atoms with Crippen LogP contribution in [0.15, 0.2) is 18.2 Å². The molecule has 1 nitrogen and oxygen atoms in total. The first-order valence-corrected chi connectivity index (χ1v) is 7.25. The van der Waals surface area contributed by atoms with Crippen LogP contribution in [0, 0.1) is 11.7 Å². The third-order valence-electron chi connectivity index (χ3n) is 3.58. The highest BCUT2D eigenvalue weighted by Crippen LogP contribution is 2.35. The van der Waals surface area contributed by atoms with Crippen LogP contribution >= 0.6 is 11.6 Å². The first-order chi connectivity index (χ1) is 8.70.